The quantitative estimate of drug-likeness (QED) is 0.786. The van der Waals surface area contributed by atoms with Gasteiger partial charge in [0, 0.05) is 31.6 Å². The smallest absolute Gasteiger partial charge is 0.244 e. The average Bonchev–Trinajstić information content (AvgIpc) is 2.75. The van der Waals surface area contributed by atoms with Gasteiger partial charge in [0.25, 0.3) is 0 Å². The van der Waals surface area contributed by atoms with E-state index in [-0.39, 0.29) is 0 Å². The SMILES string of the molecule is CCNCc1scc(C)c1S(=O)(=O)N(C)CCN(C)C. The van der Waals surface area contributed by atoms with Gasteiger partial charge in [-0.05, 0) is 38.5 Å². The van der Waals surface area contributed by atoms with Gasteiger partial charge < -0.3 is 10.2 Å². The predicted octanol–water partition coefficient (Wildman–Crippen LogP) is 1.35. The van der Waals surface area contributed by atoms with Crippen LogP contribution in [0.15, 0.2) is 10.3 Å². The van der Waals surface area contributed by atoms with Crippen molar-refractivity contribution in [3.8, 4) is 0 Å². The molecule has 1 N–H and O–H groups in total. The van der Waals surface area contributed by atoms with Gasteiger partial charge in [-0.3, -0.25) is 0 Å². The molecule has 0 fully saturated rings. The summed E-state index contributed by atoms with van der Waals surface area (Å²) in [4.78, 5) is 3.34. The Hall–Kier alpha value is -0.470. The zero-order chi connectivity index (χ0) is 15.3. The molecule has 0 aliphatic rings. The number of aryl methyl sites for hydroxylation is 1. The lowest BCUT2D eigenvalue weighted by atomic mass is 10.3. The van der Waals surface area contributed by atoms with Crippen LogP contribution in [-0.4, -0.2) is 58.4 Å². The van der Waals surface area contributed by atoms with Crippen LogP contribution in [0.25, 0.3) is 0 Å². The van der Waals surface area contributed by atoms with Gasteiger partial charge in [-0.15, -0.1) is 11.3 Å². The van der Waals surface area contributed by atoms with Crippen molar-refractivity contribution in [2.24, 2.45) is 0 Å². The molecular formula is C13H25N3O2S2. The molecule has 0 aliphatic carbocycles. The van der Waals surface area contributed by atoms with Crippen molar-refractivity contribution in [2.45, 2.75) is 25.3 Å². The molecule has 20 heavy (non-hydrogen) atoms. The van der Waals surface area contributed by atoms with E-state index in [4.69, 9.17) is 0 Å². The second-order valence-electron chi connectivity index (χ2n) is 5.08. The third-order valence-corrected chi connectivity index (χ3v) is 6.38. The Morgan fingerprint density at radius 3 is 2.45 bits per heavy atom. The van der Waals surface area contributed by atoms with E-state index < -0.39 is 10.0 Å². The van der Waals surface area contributed by atoms with E-state index in [9.17, 15) is 8.42 Å². The molecule has 1 aromatic heterocycles. The van der Waals surface area contributed by atoms with Crippen molar-refractivity contribution in [3.05, 3.63) is 15.8 Å². The molecule has 0 spiro atoms. The molecule has 1 aromatic rings. The molecular weight excluding hydrogens is 294 g/mol. The molecule has 1 rings (SSSR count). The highest BCUT2D eigenvalue weighted by Gasteiger charge is 2.27. The molecule has 0 aromatic carbocycles. The highest BCUT2D eigenvalue weighted by Crippen LogP contribution is 2.28. The normalized spacial score (nSPS) is 12.6. The number of rotatable bonds is 8. The summed E-state index contributed by atoms with van der Waals surface area (Å²) in [6.07, 6.45) is 0. The summed E-state index contributed by atoms with van der Waals surface area (Å²) in [6.45, 7) is 6.50. The first kappa shape index (κ1) is 17.6. The van der Waals surface area contributed by atoms with Gasteiger partial charge in [0.05, 0.1) is 0 Å². The largest absolute Gasteiger partial charge is 0.312 e. The molecule has 0 aliphatic heterocycles. The van der Waals surface area contributed by atoms with Gasteiger partial charge in [-0.25, -0.2) is 8.42 Å². The highest BCUT2D eigenvalue weighted by atomic mass is 32.2. The Kier molecular flexibility index (Phi) is 6.60. The molecule has 0 radical (unpaired) electrons. The van der Waals surface area contributed by atoms with E-state index in [0.29, 0.717) is 24.5 Å². The van der Waals surface area contributed by atoms with Gasteiger partial charge in [-0.2, -0.15) is 4.31 Å². The van der Waals surface area contributed by atoms with Gasteiger partial charge in [0.2, 0.25) is 10.0 Å². The summed E-state index contributed by atoms with van der Waals surface area (Å²) in [7, 11) is 2.11. The number of likely N-dealkylation sites (N-methyl/N-ethyl adjacent to an activating group) is 2. The maximum absolute atomic E-state index is 12.7. The van der Waals surface area contributed by atoms with E-state index in [1.54, 1.807) is 7.05 Å². The molecule has 0 atom stereocenters. The van der Waals surface area contributed by atoms with Crippen molar-refractivity contribution in [1.82, 2.24) is 14.5 Å². The number of nitrogens with zero attached hydrogens (tertiary/aromatic N) is 2. The Bertz CT molecular complexity index is 524. The van der Waals surface area contributed by atoms with Crippen molar-refractivity contribution < 1.29 is 8.42 Å². The molecule has 0 unspecified atom stereocenters. The van der Waals surface area contributed by atoms with Crippen LogP contribution in [0.2, 0.25) is 0 Å². The lowest BCUT2D eigenvalue weighted by molar-refractivity contribution is 0.358. The predicted molar refractivity (Wildman–Crippen MR) is 84.8 cm³/mol. The number of hydrogen-bond donors (Lipinski definition) is 1. The van der Waals surface area contributed by atoms with Crippen LogP contribution in [-0.2, 0) is 16.6 Å². The number of thiophene rings is 1. The molecule has 0 amide bonds. The van der Waals surface area contributed by atoms with E-state index in [1.807, 2.05) is 38.2 Å². The first-order valence-corrected chi connectivity index (χ1v) is 9.01. The van der Waals surface area contributed by atoms with E-state index in [0.717, 1.165) is 17.0 Å². The van der Waals surface area contributed by atoms with Crippen LogP contribution in [0.4, 0.5) is 0 Å². The van der Waals surface area contributed by atoms with Crippen molar-refractivity contribution >= 4 is 21.4 Å². The lowest BCUT2D eigenvalue weighted by Gasteiger charge is -2.20. The monoisotopic (exact) mass is 319 g/mol. The molecule has 5 nitrogen and oxygen atoms in total. The summed E-state index contributed by atoms with van der Waals surface area (Å²) in [6, 6.07) is 0. The highest BCUT2D eigenvalue weighted by molar-refractivity contribution is 7.89. The minimum atomic E-state index is -3.41. The maximum Gasteiger partial charge on any atom is 0.244 e. The zero-order valence-corrected chi connectivity index (χ0v) is 14.6. The number of hydrogen-bond acceptors (Lipinski definition) is 5. The summed E-state index contributed by atoms with van der Waals surface area (Å²) in [5, 5.41) is 5.11. The first-order valence-electron chi connectivity index (χ1n) is 6.69. The minimum Gasteiger partial charge on any atom is -0.312 e. The van der Waals surface area contributed by atoms with Crippen LogP contribution < -0.4 is 5.32 Å². The Labute approximate surface area is 126 Å². The topological polar surface area (TPSA) is 52.7 Å². The van der Waals surface area contributed by atoms with Crippen LogP contribution in [0.5, 0.6) is 0 Å². The standard InChI is InChI=1S/C13H25N3O2S2/c1-6-14-9-12-13(11(2)10-19-12)20(17,18)16(5)8-7-15(3)4/h10,14H,6-9H2,1-5H3. The fourth-order valence-electron chi connectivity index (χ4n) is 1.81. The third kappa shape index (κ3) is 4.26. The minimum absolute atomic E-state index is 0.477. The van der Waals surface area contributed by atoms with Crippen LogP contribution >= 0.6 is 11.3 Å². The average molecular weight is 319 g/mol. The summed E-state index contributed by atoms with van der Waals surface area (Å²) in [5.41, 5.74) is 0.833. The summed E-state index contributed by atoms with van der Waals surface area (Å²) >= 11 is 1.51. The lowest BCUT2D eigenvalue weighted by Crippen LogP contribution is -2.34. The summed E-state index contributed by atoms with van der Waals surface area (Å²) < 4.78 is 26.8. The van der Waals surface area contributed by atoms with Gasteiger partial charge >= 0.3 is 0 Å². The fraction of sp³-hybridized carbons (Fsp3) is 0.692. The van der Waals surface area contributed by atoms with E-state index in [1.165, 1.54) is 15.6 Å². The van der Waals surface area contributed by atoms with E-state index >= 15 is 0 Å². The maximum atomic E-state index is 12.7. The third-order valence-electron chi connectivity index (χ3n) is 3.06. The molecule has 0 saturated heterocycles. The second-order valence-corrected chi connectivity index (χ2v) is 8.03. The Morgan fingerprint density at radius 1 is 1.25 bits per heavy atom. The second kappa shape index (κ2) is 7.51. The van der Waals surface area contributed by atoms with Gasteiger partial charge in [0.15, 0.2) is 0 Å². The van der Waals surface area contributed by atoms with Crippen LogP contribution in [0, 0.1) is 6.92 Å². The molecule has 116 valence electrons. The van der Waals surface area contributed by atoms with Crippen molar-refractivity contribution in [2.75, 3.05) is 40.8 Å². The van der Waals surface area contributed by atoms with E-state index in [2.05, 4.69) is 5.32 Å². The Balaban J connectivity index is 2.99. The van der Waals surface area contributed by atoms with Gasteiger partial charge in [0.1, 0.15) is 4.90 Å². The van der Waals surface area contributed by atoms with Crippen LogP contribution in [0.1, 0.15) is 17.4 Å². The first-order chi connectivity index (χ1) is 9.30. The van der Waals surface area contributed by atoms with Crippen molar-refractivity contribution in [3.63, 3.8) is 0 Å². The fourth-order valence-corrected chi connectivity index (χ4v) is 4.70. The number of sulfonamides is 1. The zero-order valence-electron chi connectivity index (χ0n) is 12.9. The van der Waals surface area contributed by atoms with Gasteiger partial charge in [-0.1, -0.05) is 6.92 Å². The molecule has 7 heteroatoms. The number of nitrogens with one attached hydrogen (secondary N) is 1. The van der Waals surface area contributed by atoms with Crippen molar-refractivity contribution in [1.29, 1.82) is 0 Å². The molecule has 1 heterocycles. The molecule has 0 bridgehead atoms. The molecule has 0 saturated carbocycles. The van der Waals surface area contributed by atoms with Crippen LogP contribution in [0.3, 0.4) is 0 Å². The summed E-state index contributed by atoms with van der Waals surface area (Å²) in [5.74, 6) is 0. The Morgan fingerprint density at radius 2 is 1.90 bits per heavy atom.